The lowest BCUT2D eigenvalue weighted by atomic mass is 9.72. The Hall–Kier alpha value is -1.72. The summed E-state index contributed by atoms with van der Waals surface area (Å²) in [5.41, 5.74) is 3.08. The van der Waals surface area contributed by atoms with E-state index < -0.39 is 6.10 Å². The van der Waals surface area contributed by atoms with Gasteiger partial charge in [0.25, 0.3) is 0 Å². The fraction of sp³-hybridized carbons (Fsp3) is 0.600. The fourth-order valence-electron chi connectivity index (χ4n) is 5.78. The monoisotopic (exact) mass is 464 g/mol. The lowest BCUT2D eigenvalue weighted by Crippen LogP contribution is -2.50. The summed E-state index contributed by atoms with van der Waals surface area (Å²) < 4.78 is 6.14. The molecule has 34 heavy (non-hydrogen) atoms. The summed E-state index contributed by atoms with van der Waals surface area (Å²) in [7, 11) is 0. The maximum atomic E-state index is 10.7. The maximum Gasteiger partial charge on any atom is 0.0900 e. The van der Waals surface area contributed by atoms with Crippen molar-refractivity contribution in [3.63, 3.8) is 0 Å². The first kappa shape index (κ1) is 25.4. The van der Waals surface area contributed by atoms with E-state index in [2.05, 4.69) is 91.2 Å². The lowest BCUT2D eigenvalue weighted by molar-refractivity contribution is -0.0477. The molecule has 1 saturated carbocycles. The average Bonchev–Trinajstić information content (AvgIpc) is 2.85. The van der Waals surface area contributed by atoms with Crippen molar-refractivity contribution in [3.8, 4) is 0 Å². The van der Waals surface area contributed by atoms with Crippen LogP contribution in [0, 0.1) is 11.3 Å². The zero-order valence-corrected chi connectivity index (χ0v) is 21.4. The number of hydrogen-bond acceptors (Lipinski definition) is 4. The molecule has 0 bridgehead atoms. The molecule has 1 unspecified atom stereocenters. The number of aliphatic hydroxyl groups is 1. The molecule has 1 N–H and O–H groups in total. The molecule has 1 atom stereocenters. The van der Waals surface area contributed by atoms with Crippen LogP contribution in [0.1, 0.15) is 63.6 Å². The van der Waals surface area contributed by atoms with Gasteiger partial charge in [0, 0.05) is 32.7 Å². The van der Waals surface area contributed by atoms with E-state index in [0.717, 1.165) is 44.9 Å². The first-order valence-electron chi connectivity index (χ1n) is 13.3. The summed E-state index contributed by atoms with van der Waals surface area (Å²) in [6.07, 6.45) is 4.67. The van der Waals surface area contributed by atoms with Crippen molar-refractivity contribution >= 4 is 0 Å². The molecule has 2 fully saturated rings. The van der Waals surface area contributed by atoms with Crippen LogP contribution in [0.2, 0.25) is 0 Å². The molecular formula is C30H44N2O2. The van der Waals surface area contributed by atoms with Gasteiger partial charge in [0.1, 0.15) is 0 Å². The molecule has 0 radical (unpaired) electrons. The van der Waals surface area contributed by atoms with E-state index in [0.29, 0.717) is 24.7 Å². The van der Waals surface area contributed by atoms with E-state index in [9.17, 15) is 5.11 Å². The molecule has 1 aliphatic heterocycles. The summed E-state index contributed by atoms with van der Waals surface area (Å²) >= 11 is 0. The van der Waals surface area contributed by atoms with Gasteiger partial charge in [0.15, 0.2) is 0 Å². The minimum absolute atomic E-state index is 0.279. The van der Waals surface area contributed by atoms with Crippen molar-refractivity contribution in [2.75, 3.05) is 39.3 Å². The summed E-state index contributed by atoms with van der Waals surface area (Å²) in [5.74, 6) is 0.796. The fourth-order valence-corrected chi connectivity index (χ4v) is 5.78. The van der Waals surface area contributed by atoms with Crippen molar-refractivity contribution in [1.29, 1.82) is 0 Å². The molecule has 2 aromatic rings. The summed E-state index contributed by atoms with van der Waals surface area (Å²) in [4.78, 5) is 4.98. The summed E-state index contributed by atoms with van der Waals surface area (Å²) in [6, 6.07) is 21.9. The molecule has 2 aliphatic rings. The lowest BCUT2D eigenvalue weighted by Gasteiger charge is -2.40. The molecule has 0 amide bonds. The van der Waals surface area contributed by atoms with E-state index in [1.165, 1.54) is 24.0 Å². The van der Waals surface area contributed by atoms with E-state index in [1.807, 2.05) is 0 Å². The Morgan fingerprint density at radius 2 is 1.35 bits per heavy atom. The highest BCUT2D eigenvalue weighted by atomic mass is 16.5. The van der Waals surface area contributed by atoms with Gasteiger partial charge in [-0.2, -0.15) is 0 Å². The van der Waals surface area contributed by atoms with Crippen LogP contribution >= 0.6 is 0 Å². The molecule has 1 saturated heterocycles. The highest BCUT2D eigenvalue weighted by Crippen LogP contribution is 2.38. The highest BCUT2D eigenvalue weighted by molar-refractivity contribution is 5.31. The van der Waals surface area contributed by atoms with Gasteiger partial charge in [-0.25, -0.2) is 0 Å². The van der Waals surface area contributed by atoms with Crippen LogP contribution in [0.15, 0.2) is 60.7 Å². The van der Waals surface area contributed by atoms with Gasteiger partial charge in [-0.3, -0.25) is 9.80 Å². The smallest absolute Gasteiger partial charge is 0.0900 e. The summed E-state index contributed by atoms with van der Waals surface area (Å²) in [5, 5.41) is 10.7. The Kier molecular flexibility index (Phi) is 8.81. The predicted octanol–water partition coefficient (Wildman–Crippen LogP) is 5.38. The standard InChI is InChI=1S/C30H44N2O2/c1-30(2,3)26-14-16-28(17-15-26)34-23-27(33)22-31-18-20-32(21-19-31)29(24-10-6-4-7-11-24)25-12-8-5-9-13-25/h4-13,26-29,33H,14-23H2,1-3H3. The van der Waals surface area contributed by atoms with Crippen molar-refractivity contribution in [3.05, 3.63) is 71.8 Å². The molecule has 4 nitrogen and oxygen atoms in total. The normalized spacial score (nSPS) is 23.8. The number of piperazine rings is 1. The van der Waals surface area contributed by atoms with E-state index >= 15 is 0 Å². The predicted molar refractivity (Wildman–Crippen MR) is 140 cm³/mol. The zero-order valence-electron chi connectivity index (χ0n) is 21.4. The van der Waals surface area contributed by atoms with Crippen molar-refractivity contribution in [2.45, 2.75) is 64.7 Å². The summed E-state index contributed by atoms with van der Waals surface area (Å²) in [6.45, 7) is 12.2. The molecule has 4 heteroatoms. The largest absolute Gasteiger partial charge is 0.389 e. The van der Waals surface area contributed by atoms with Crippen molar-refractivity contribution in [1.82, 2.24) is 9.80 Å². The molecule has 1 aliphatic carbocycles. The van der Waals surface area contributed by atoms with Crippen LogP contribution in [0.5, 0.6) is 0 Å². The minimum atomic E-state index is -0.411. The third-order valence-electron chi connectivity index (χ3n) is 7.89. The Morgan fingerprint density at radius 3 is 1.85 bits per heavy atom. The Balaban J connectivity index is 1.23. The van der Waals surface area contributed by atoms with E-state index in [1.54, 1.807) is 0 Å². The van der Waals surface area contributed by atoms with Crippen LogP contribution in [0.3, 0.4) is 0 Å². The Bertz CT molecular complexity index is 796. The number of benzene rings is 2. The first-order chi connectivity index (χ1) is 16.4. The van der Waals surface area contributed by atoms with Crippen LogP contribution in [-0.4, -0.2) is 66.4 Å². The van der Waals surface area contributed by atoms with Gasteiger partial charge in [-0.15, -0.1) is 0 Å². The Morgan fingerprint density at radius 1 is 0.824 bits per heavy atom. The van der Waals surface area contributed by atoms with Crippen LogP contribution in [-0.2, 0) is 4.74 Å². The molecule has 0 aromatic heterocycles. The van der Waals surface area contributed by atoms with Crippen LogP contribution < -0.4 is 0 Å². The quantitative estimate of drug-likeness (QED) is 0.569. The molecular weight excluding hydrogens is 420 g/mol. The van der Waals surface area contributed by atoms with Gasteiger partial charge in [0.2, 0.25) is 0 Å². The first-order valence-corrected chi connectivity index (χ1v) is 13.3. The topological polar surface area (TPSA) is 35.9 Å². The second-order valence-corrected chi connectivity index (χ2v) is 11.4. The van der Waals surface area contributed by atoms with Crippen molar-refractivity contribution in [2.24, 2.45) is 11.3 Å². The SMILES string of the molecule is CC(C)(C)C1CCC(OCC(O)CN2CCN(C(c3ccccc3)c3ccccc3)CC2)CC1. The van der Waals surface area contributed by atoms with Gasteiger partial charge in [-0.1, -0.05) is 81.4 Å². The van der Waals surface area contributed by atoms with Gasteiger partial charge in [0.05, 0.1) is 24.9 Å². The number of hydrogen-bond donors (Lipinski definition) is 1. The zero-order chi connectivity index (χ0) is 24.0. The second kappa shape index (κ2) is 11.8. The number of aliphatic hydroxyl groups excluding tert-OH is 1. The van der Waals surface area contributed by atoms with E-state index in [-0.39, 0.29) is 6.04 Å². The van der Waals surface area contributed by atoms with Crippen LogP contribution in [0.25, 0.3) is 0 Å². The second-order valence-electron chi connectivity index (χ2n) is 11.4. The third-order valence-corrected chi connectivity index (χ3v) is 7.89. The average molecular weight is 465 g/mol. The highest BCUT2D eigenvalue weighted by Gasteiger charge is 2.31. The number of ether oxygens (including phenoxy) is 1. The molecule has 1 heterocycles. The Labute approximate surface area is 206 Å². The van der Waals surface area contributed by atoms with Crippen LogP contribution in [0.4, 0.5) is 0 Å². The van der Waals surface area contributed by atoms with E-state index in [4.69, 9.17) is 4.74 Å². The maximum absolute atomic E-state index is 10.7. The van der Waals surface area contributed by atoms with Crippen molar-refractivity contribution < 1.29 is 9.84 Å². The number of rotatable bonds is 8. The number of nitrogens with zero attached hydrogens (tertiary/aromatic N) is 2. The minimum Gasteiger partial charge on any atom is -0.389 e. The molecule has 0 spiro atoms. The molecule has 2 aromatic carbocycles. The van der Waals surface area contributed by atoms with Gasteiger partial charge >= 0.3 is 0 Å². The number of β-amino-alcohol motifs (C(OH)–C–C–N with tert-alkyl or cyclic N) is 1. The molecule has 186 valence electrons. The van der Waals surface area contributed by atoms with Gasteiger partial charge in [-0.05, 0) is 48.1 Å². The molecule has 4 rings (SSSR count). The van der Waals surface area contributed by atoms with Gasteiger partial charge < -0.3 is 9.84 Å². The third kappa shape index (κ3) is 6.91.